The molecular formula is C18H27N3O. The Hall–Kier alpha value is -1.39. The highest BCUT2D eigenvalue weighted by Gasteiger charge is 2.27. The van der Waals surface area contributed by atoms with Gasteiger partial charge in [0.15, 0.2) is 0 Å². The number of carbonyl (C=O) groups is 1. The lowest BCUT2D eigenvalue weighted by Crippen LogP contribution is -2.47. The summed E-state index contributed by atoms with van der Waals surface area (Å²) in [6.07, 6.45) is 4.41. The lowest BCUT2D eigenvalue weighted by molar-refractivity contribution is -0.120. The van der Waals surface area contributed by atoms with Crippen molar-refractivity contribution in [2.75, 3.05) is 37.6 Å². The summed E-state index contributed by atoms with van der Waals surface area (Å²) in [7, 11) is 0. The normalized spacial score (nSPS) is 21.2. The van der Waals surface area contributed by atoms with Gasteiger partial charge in [-0.15, -0.1) is 0 Å². The van der Waals surface area contributed by atoms with Crippen LogP contribution in [0.4, 0.5) is 5.69 Å². The van der Waals surface area contributed by atoms with Gasteiger partial charge in [0.1, 0.15) is 0 Å². The Morgan fingerprint density at radius 1 is 1.41 bits per heavy atom. The molecule has 1 aromatic carbocycles. The van der Waals surface area contributed by atoms with Crippen LogP contribution in [-0.2, 0) is 11.2 Å². The van der Waals surface area contributed by atoms with E-state index in [1.165, 1.54) is 5.56 Å². The summed E-state index contributed by atoms with van der Waals surface area (Å²) in [4.78, 5) is 17.2. The minimum Gasteiger partial charge on any atom is -0.315 e. The number of nitrogens with one attached hydrogen (secondary N) is 1. The lowest BCUT2D eigenvalue weighted by atomic mass is 10.0. The summed E-state index contributed by atoms with van der Waals surface area (Å²) in [5.74, 6) is 0.257. The number of para-hydroxylation sites is 1. The quantitative estimate of drug-likeness (QED) is 0.904. The number of fused-ring (bicyclic) bond motifs is 1. The van der Waals surface area contributed by atoms with Gasteiger partial charge in [0.2, 0.25) is 5.91 Å². The Labute approximate surface area is 133 Å². The van der Waals surface area contributed by atoms with E-state index in [9.17, 15) is 4.79 Å². The van der Waals surface area contributed by atoms with Crippen LogP contribution in [0.1, 0.15) is 31.7 Å². The first-order chi connectivity index (χ1) is 10.8. The molecule has 1 N–H and O–H groups in total. The molecule has 1 atom stereocenters. The van der Waals surface area contributed by atoms with Crippen molar-refractivity contribution in [2.24, 2.45) is 0 Å². The van der Waals surface area contributed by atoms with Crippen molar-refractivity contribution in [3.05, 3.63) is 29.8 Å². The van der Waals surface area contributed by atoms with Crippen LogP contribution in [0.15, 0.2) is 24.3 Å². The second-order valence-electron chi connectivity index (χ2n) is 6.39. The Balaban J connectivity index is 1.70. The van der Waals surface area contributed by atoms with Crippen LogP contribution in [0, 0.1) is 0 Å². The Morgan fingerprint density at radius 3 is 3.05 bits per heavy atom. The Bertz CT molecular complexity index is 511. The van der Waals surface area contributed by atoms with Crippen molar-refractivity contribution in [1.82, 2.24) is 10.2 Å². The maximum atomic E-state index is 12.9. The van der Waals surface area contributed by atoms with E-state index in [1.807, 2.05) is 11.0 Å². The predicted octanol–water partition coefficient (Wildman–Crippen LogP) is 2.04. The van der Waals surface area contributed by atoms with Crippen LogP contribution in [0.3, 0.4) is 0 Å². The predicted molar refractivity (Wildman–Crippen MR) is 90.3 cm³/mol. The van der Waals surface area contributed by atoms with E-state index in [-0.39, 0.29) is 5.91 Å². The van der Waals surface area contributed by atoms with Gasteiger partial charge in [0, 0.05) is 24.8 Å². The Morgan fingerprint density at radius 2 is 2.27 bits per heavy atom. The van der Waals surface area contributed by atoms with Gasteiger partial charge in [-0.3, -0.25) is 9.69 Å². The number of rotatable bonds is 5. The fraction of sp³-hybridized carbons (Fsp3) is 0.611. The molecule has 1 saturated heterocycles. The zero-order chi connectivity index (χ0) is 15.4. The van der Waals surface area contributed by atoms with Crippen LogP contribution in [0.25, 0.3) is 0 Å². The van der Waals surface area contributed by atoms with Crippen LogP contribution in [0.2, 0.25) is 0 Å². The summed E-state index contributed by atoms with van der Waals surface area (Å²) >= 11 is 0. The molecule has 1 fully saturated rings. The first kappa shape index (κ1) is 15.5. The van der Waals surface area contributed by atoms with Crippen molar-refractivity contribution in [3.63, 3.8) is 0 Å². The molecule has 0 aliphatic carbocycles. The van der Waals surface area contributed by atoms with Crippen molar-refractivity contribution in [1.29, 1.82) is 0 Å². The third-order valence-electron chi connectivity index (χ3n) is 4.81. The average molecular weight is 301 g/mol. The van der Waals surface area contributed by atoms with Gasteiger partial charge in [0.25, 0.3) is 0 Å². The van der Waals surface area contributed by atoms with Gasteiger partial charge < -0.3 is 10.2 Å². The average Bonchev–Trinajstić information content (AvgIpc) is 3.08. The third-order valence-corrected chi connectivity index (χ3v) is 4.81. The molecule has 120 valence electrons. The molecule has 0 spiro atoms. The second-order valence-corrected chi connectivity index (χ2v) is 6.39. The molecule has 1 amide bonds. The molecule has 0 radical (unpaired) electrons. The SMILES string of the molecule is CCCN(CC(=O)N1CCCc2ccccc21)C1CCNC1. The van der Waals surface area contributed by atoms with Crippen molar-refractivity contribution in [2.45, 2.75) is 38.6 Å². The molecule has 1 aromatic rings. The van der Waals surface area contributed by atoms with E-state index in [2.05, 4.69) is 35.3 Å². The molecule has 4 nitrogen and oxygen atoms in total. The monoisotopic (exact) mass is 301 g/mol. The largest absolute Gasteiger partial charge is 0.315 e. The number of hydrogen-bond donors (Lipinski definition) is 1. The molecule has 2 heterocycles. The summed E-state index contributed by atoms with van der Waals surface area (Å²) in [5, 5.41) is 3.41. The summed E-state index contributed by atoms with van der Waals surface area (Å²) in [6, 6.07) is 8.87. The standard InChI is InChI=1S/C18H27N3O/c1-2-11-20(16-9-10-19-13-16)14-18(22)21-12-5-7-15-6-3-4-8-17(15)21/h3-4,6,8,16,19H,2,5,7,9-14H2,1H3. The fourth-order valence-corrected chi connectivity index (χ4v) is 3.68. The van der Waals surface area contributed by atoms with Crippen molar-refractivity contribution >= 4 is 11.6 Å². The van der Waals surface area contributed by atoms with E-state index in [0.29, 0.717) is 12.6 Å². The molecule has 22 heavy (non-hydrogen) atoms. The minimum atomic E-state index is 0.257. The smallest absolute Gasteiger partial charge is 0.241 e. The first-order valence-corrected chi connectivity index (χ1v) is 8.62. The van der Waals surface area contributed by atoms with Crippen LogP contribution >= 0.6 is 0 Å². The summed E-state index contributed by atoms with van der Waals surface area (Å²) < 4.78 is 0. The lowest BCUT2D eigenvalue weighted by Gasteiger charge is -2.33. The van der Waals surface area contributed by atoms with E-state index in [1.54, 1.807) is 0 Å². The highest BCUT2D eigenvalue weighted by molar-refractivity contribution is 5.96. The number of nitrogens with zero attached hydrogens (tertiary/aromatic N) is 2. The highest BCUT2D eigenvalue weighted by Crippen LogP contribution is 2.27. The summed E-state index contributed by atoms with van der Waals surface area (Å²) in [6.45, 7) is 6.70. The van der Waals surface area contributed by atoms with E-state index in [0.717, 1.165) is 57.5 Å². The minimum absolute atomic E-state index is 0.257. The molecule has 2 aliphatic heterocycles. The molecule has 0 saturated carbocycles. The first-order valence-electron chi connectivity index (χ1n) is 8.62. The molecule has 4 heteroatoms. The molecule has 0 bridgehead atoms. The zero-order valence-corrected chi connectivity index (χ0v) is 13.6. The Kier molecular flexibility index (Phi) is 5.11. The van der Waals surface area contributed by atoms with Crippen LogP contribution < -0.4 is 10.2 Å². The van der Waals surface area contributed by atoms with E-state index >= 15 is 0 Å². The van der Waals surface area contributed by atoms with Gasteiger partial charge in [-0.2, -0.15) is 0 Å². The molecule has 1 unspecified atom stereocenters. The van der Waals surface area contributed by atoms with Gasteiger partial charge in [-0.05, 0) is 50.4 Å². The summed E-state index contributed by atoms with van der Waals surface area (Å²) in [5.41, 5.74) is 2.44. The van der Waals surface area contributed by atoms with Gasteiger partial charge in [-0.1, -0.05) is 25.1 Å². The molecule has 3 rings (SSSR count). The zero-order valence-electron chi connectivity index (χ0n) is 13.6. The topological polar surface area (TPSA) is 35.6 Å². The maximum absolute atomic E-state index is 12.9. The third kappa shape index (κ3) is 3.33. The van der Waals surface area contributed by atoms with Gasteiger partial charge in [0.05, 0.1) is 6.54 Å². The number of benzene rings is 1. The van der Waals surface area contributed by atoms with Crippen LogP contribution in [-0.4, -0.2) is 49.6 Å². The van der Waals surface area contributed by atoms with Crippen molar-refractivity contribution < 1.29 is 4.79 Å². The van der Waals surface area contributed by atoms with Gasteiger partial charge in [-0.25, -0.2) is 0 Å². The van der Waals surface area contributed by atoms with E-state index < -0.39 is 0 Å². The highest BCUT2D eigenvalue weighted by atomic mass is 16.2. The number of aryl methyl sites for hydroxylation is 1. The number of carbonyl (C=O) groups excluding carboxylic acids is 1. The van der Waals surface area contributed by atoms with E-state index in [4.69, 9.17) is 0 Å². The molecule has 2 aliphatic rings. The molecule has 0 aromatic heterocycles. The van der Waals surface area contributed by atoms with Crippen LogP contribution in [0.5, 0.6) is 0 Å². The second kappa shape index (κ2) is 7.25. The van der Waals surface area contributed by atoms with Gasteiger partial charge >= 0.3 is 0 Å². The number of anilines is 1. The number of hydrogen-bond acceptors (Lipinski definition) is 3. The van der Waals surface area contributed by atoms with Crippen molar-refractivity contribution in [3.8, 4) is 0 Å². The fourth-order valence-electron chi connectivity index (χ4n) is 3.68. The number of amides is 1. The maximum Gasteiger partial charge on any atom is 0.241 e. The molecular weight excluding hydrogens is 274 g/mol.